The van der Waals surface area contributed by atoms with Crippen LogP contribution in [0.5, 0.6) is 11.5 Å². The van der Waals surface area contributed by atoms with Crippen LogP contribution in [0.15, 0.2) is 76.2 Å². The number of nitro benzene ring substituents is 1. The van der Waals surface area contributed by atoms with Gasteiger partial charge in [-0.2, -0.15) is 5.10 Å². The Bertz CT molecular complexity index is 1500. The Labute approximate surface area is 214 Å². The molecule has 12 heteroatoms. The highest BCUT2D eigenvalue weighted by Crippen LogP contribution is 2.36. The first-order chi connectivity index (χ1) is 17.8. The normalized spacial score (nSPS) is 10.9. The summed E-state index contributed by atoms with van der Waals surface area (Å²) in [6, 6.07) is 17.4. The summed E-state index contributed by atoms with van der Waals surface area (Å²) < 4.78 is 16.3. The number of hydrogen-bond acceptors (Lipinski definition) is 8. The van der Waals surface area contributed by atoms with Gasteiger partial charge in [0.1, 0.15) is 5.58 Å². The minimum atomic E-state index is -0.655. The number of para-hydroxylation sites is 1. The van der Waals surface area contributed by atoms with Crippen molar-refractivity contribution in [1.82, 2.24) is 5.43 Å². The molecule has 0 saturated heterocycles. The number of non-ortho nitro benzene ring substituents is 1. The number of benzene rings is 3. The first-order valence-electron chi connectivity index (χ1n) is 10.7. The highest BCUT2D eigenvalue weighted by atomic mass is 35.5. The molecule has 0 atom stereocenters. The van der Waals surface area contributed by atoms with Crippen LogP contribution in [0.2, 0.25) is 5.02 Å². The summed E-state index contributed by atoms with van der Waals surface area (Å²) in [5.41, 5.74) is 3.63. The Balaban J connectivity index is 1.39. The molecule has 37 heavy (non-hydrogen) atoms. The van der Waals surface area contributed by atoms with E-state index in [0.29, 0.717) is 22.2 Å². The van der Waals surface area contributed by atoms with Gasteiger partial charge in [-0.3, -0.25) is 19.7 Å². The van der Waals surface area contributed by atoms with Gasteiger partial charge in [0.25, 0.3) is 11.6 Å². The third-order valence-electron chi connectivity index (χ3n) is 4.97. The van der Waals surface area contributed by atoms with Gasteiger partial charge in [0.2, 0.25) is 0 Å². The fraction of sp³-hybridized carbons (Fsp3) is 0.0800. The van der Waals surface area contributed by atoms with Crippen molar-refractivity contribution in [2.75, 3.05) is 19.0 Å². The van der Waals surface area contributed by atoms with Crippen molar-refractivity contribution >= 4 is 52.0 Å². The van der Waals surface area contributed by atoms with Crippen molar-refractivity contribution in [3.05, 3.63) is 93.2 Å². The van der Waals surface area contributed by atoms with E-state index in [9.17, 15) is 19.7 Å². The number of rotatable bonds is 9. The molecule has 0 fully saturated rings. The first-order valence-corrected chi connectivity index (χ1v) is 11.1. The maximum absolute atomic E-state index is 12.4. The summed E-state index contributed by atoms with van der Waals surface area (Å²) in [6.45, 7) is -0.297. The number of nitro groups is 1. The number of fused-ring (bicyclic) bond motifs is 1. The Morgan fingerprint density at radius 3 is 2.65 bits per heavy atom. The highest BCUT2D eigenvalue weighted by Gasteiger charge is 2.16. The number of anilines is 1. The lowest BCUT2D eigenvalue weighted by molar-refractivity contribution is -0.384. The fourth-order valence-corrected chi connectivity index (χ4v) is 3.56. The number of hydrazone groups is 1. The molecule has 0 aliphatic heterocycles. The molecule has 2 N–H and O–H groups in total. The second-order valence-corrected chi connectivity index (χ2v) is 7.93. The summed E-state index contributed by atoms with van der Waals surface area (Å²) in [7, 11) is 1.41. The van der Waals surface area contributed by atoms with E-state index in [2.05, 4.69) is 15.8 Å². The fourth-order valence-electron chi connectivity index (χ4n) is 3.29. The zero-order valence-corrected chi connectivity index (χ0v) is 20.0. The average molecular weight is 523 g/mol. The Kier molecular flexibility index (Phi) is 7.65. The van der Waals surface area contributed by atoms with Gasteiger partial charge in [-0.1, -0.05) is 29.8 Å². The van der Waals surface area contributed by atoms with E-state index in [4.69, 9.17) is 25.5 Å². The second-order valence-electron chi connectivity index (χ2n) is 7.53. The Morgan fingerprint density at radius 2 is 1.92 bits per heavy atom. The molecule has 0 bridgehead atoms. The Morgan fingerprint density at radius 1 is 1.14 bits per heavy atom. The molecule has 2 amide bonds. The van der Waals surface area contributed by atoms with Crippen molar-refractivity contribution < 1.29 is 28.4 Å². The van der Waals surface area contributed by atoms with Crippen LogP contribution in [0.1, 0.15) is 16.1 Å². The van der Waals surface area contributed by atoms with Crippen molar-refractivity contribution in [3.8, 4) is 11.5 Å². The zero-order chi connectivity index (χ0) is 26.4. The highest BCUT2D eigenvalue weighted by molar-refractivity contribution is 6.32. The molecular weight excluding hydrogens is 504 g/mol. The average Bonchev–Trinajstić information content (AvgIpc) is 3.32. The molecule has 0 aliphatic carbocycles. The molecule has 0 spiro atoms. The van der Waals surface area contributed by atoms with Crippen molar-refractivity contribution in [2.24, 2.45) is 5.10 Å². The molecule has 0 aliphatic rings. The third-order valence-corrected chi connectivity index (χ3v) is 5.25. The number of hydrogen-bond donors (Lipinski definition) is 2. The number of carbonyl (C=O) groups is 2. The van der Waals surface area contributed by atoms with Gasteiger partial charge in [0.15, 0.2) is 23.9 Å². The number of nitrogens with zero attached hydrogens (tertiary/aromatic N) is 2. The smallest absolute Gasteiger partial charge is 0.307 e. The van der Waals surface area contributed by atoms with Crippen molar-refractivity contribution in [2.45, 2.75) is 0 Å². The van der Waals surface area contributed by atoms with Gasteiger partial charge >= 0.3 is 5.91 Å². The monoisotopic (exact) mass is 522 g/mol. The summed E-state index contributed by atoms with van der Waals surface area (Å²) in [6.07, 6.45) is 1.33. The predicted molar refractivity (Wildman–Crippen MR) is 136 cm³/mol. The van der Waals surface area contributed by atoms with Crippen LogP contribution in [0.3, 0.4) is 0 Å². The molecule has 4 rings (SSSR count). The van der Waals surface area contributed by atoms with Crippen LogP contribution in [0, 0.1) is 10.1 Å². The van der Waals surface area contributed by atoms with E-state index in [0.717, 1.165) is 0 Å². The van der Waals surface area contributed by atoms with Crippen LogP contribution in [0.4, 0.5) is 11.4 Å². The van der Waals surface area contributed by atoms with Gasteiger partial charge in [-0.25, -0.2) is 5.43 Å². The van der Waals surface area contributed by atoms with Gasteiger partial charge in [-0.15, -0.1) is 0 Å². The minimum absolute atomic E-state index is 0.0687. The lowest BCUT2D eigenvalue weighted by Crippen LogP contribution is -2.20. The number of methoxy groups -OCH3 is 1. The number of halogens is 1. The lowest BCUT2D eigenvalue weighted by atomic mass is 10.2. The van der Waals surface area contributed by atoms with Crippen LogP contribution >= 0.6 is 11.6 Å². The van der Waals surface area contributed by atoms with Crippen molar-refractivity contribution in [1.29, 1.82) is 0 Å². The molecule has 0 unspecified atom stereocenters. The molecule has 3 aromatic carbocycles. The summed E-state index contributed by atoms with van der Waals surface area (Å²) >= 11 is 6.33. The summed E-state index contributed by atoms with van der Waals surface area (Å²) in [4.78, 5) is 34.9. The largest absolute Gasteiger partial charge is 0.493 e. The summed E-state index contributed by atoms with van der Waals surface area (Å²) in [5.74, 6) is -0.673. The topological polar surface area (TPSA) is 145 Å². The number of furan rings is 1. The molecule has 11 nitrogen and oxygen atoms in total. The number of nitrogens with one attached hydrogen (secondary N) is 2. The standard InChI is InChI=1S/C25H19ClN4O7/c1-35-21-10-15(9-19(26)24(21)36-14-23(31)28-17-5-3-2-4-6-17)13-27-29-25(32)22-12-16-11-18(30(33)34)7-8-20(16)37-22/h2-13H,14H2,1H3,(H,28,31)(H,29,32)/b27-13-. The zero-order valence-electron chi connectivity index (χ0n) is 19.3. The molecular formula is C25H19ClN4O7. The second kappa shape index (κ2) is 11.2. The van der Waals surface area contributed by atoms with E-state index in [1.54, 1.807) is 30.3 Å². The van der Waals surface area contributed by atoms with Gasteiger partial charge in [-0.05, 0) is 42.0 Å². The quantitative estimate of drug-likeness (QED) is 0.183. The van der Waals surface area contributed by atoms with Crippen LogP contribution in [-0.2, 0) is 4.79 Å². The van der Waals surface area contributed by atoms with Gasteiger partial charge in [0.05, 0.1) is 23.3 Å². The van der Waals surface area contributed by atoms with E-state index in [1.165, 1.54) is 43.7 Å². The van der Waals surface area contributed by atoms with Gasteiger partial charge in [0, 0.05) is 23.2 Å². The molecule has 0 radical (unpaired) electrons. The molecule has 0 saturated carbocycles. The number of amides is 2. The maximum atomic E-state index is 12.4. The minimum Gasteiger partial charge on any atom is -0.493 e. The first kappa shape index (κ1) is 25.2. The maximum Gasteiger partial charge on any atom is 0.307 e. The number of carbonyl (C=O) groups excluding carboxylic acids is 2. The van der Waals surface area contributed by atoms with E-state index in [-0.39, 0.29) is 40.5 Å². The molecule has 4 aromatic rings. The van der Waals surface area contributed by atoms with Crippen LogP contribution in [-0.4, -0.2) is 36.7 Å². The lowest BCUT2D eigenvalue weighted by Gasteiger charge is -2.13. The van der Waals surface area contributed by atoms with Crippen molar-refractivity contribution in [3.63, 3.8) is 0 Å². The Hall–Kier alpha value is -4.90. The van der Waals surface area contributed by atoms with E-state index in [1.807, 2.05) is 6.07 Å². The molecule has 188 valence electrons. The molecule has 1 aromatic heterocycles. The number of ether oxygens (including phenoxy) is 2. The third kappa shape index (κ3) is 6.21. The SMILES string of the molecule is COc1cc(/C=N\NC(=O)c2cc3cc([N+](=O)[O-])ccc3o2)cc(Cl)c1OCC(=O)Nc1ccccc1. The van der Waals surface area contributed by atoms with E-state index >= 15 is 0 Å². The predicted octanol–water partition coefficient (Wildman–Crippen LogP) is 4.78. The van der Waals surface area contributed by atoms with Crippen LogP contribution < -0.4 is 20.2 Å². The van der Waals surface area contributed by atoms with Gasteiger partial charge < -0.3 is 19.2 Å². The molecule has 1 heterocycles. The van der Waals surface area contributed by atoms with Crippen LogP contribution in [0.25, 0.3) is 11.0 Å². The summed E-state index contributed by atoms with van der Waals surface area (Å²) in [5, 5.41) is 18.1. The van der Waals surface area contributed by atoms with E-state index < -0.39 is 10.8 Å².